The molecule has 0 unspecified atom stereocenters. The Morgan fingerprint density at radius 2 is 2.17 bits per heavy atom. The highest BCUT2D eigenvalue weighted by molar-refractivity contribution is 5.90. The molecule has 8 heteroatoms. The summed E-state index contributed by atoms with van der Waals surface area (Å²) in [6.07, 6.45) is 1.60. The van der Waals surface area contributed by atoms with Crippen LogP contribution in [0.1, 0.15) is 34.8 Å². The van der Waals surface area contributed by atoms with Crippen molar-refractivity contribution in [3.05, 3.63) is 47.4 Å². The van der Waals surface area contributed by atoms with Gasteiger partial charge in [0, 0.05) is 11.9 Å². The van der Waals surface area contributed by atoms with Gasteiger partial charge in [-0.3, -0.25) is 4.79 Å². The number of nitrogens with zero attached hydrogens (tertiary/aromatic N) is 4. The number of aryl methyl sites for hydroxylation is 2. The molecule has 3 rings (SSSR count). The number of carbonyl (C=O) groups is 1. The van der Waals surface area contributed by atoms with E-state index in [9.17, 15) is 9.90 Å². The van der Waals surface area contributed by atoms with Crippen molar-refractivity contribution in [2.24, 2.45) is 0 Å². The number of nitrogens with one attached hydrogen (secondary N) is 1. The zero-order valence-electron chi connectivity index (χ0n) is 13.1. The Hall–Kier alpha value is -2.74. The fourth-order valence-corrected chi connectivity index (χ4v) is 2.15. The Labute approximate surface area is 132 Å². The fraction of sp³-hybridized carbons (Fsp3) is 0.333. The van der Waals surface area contributed by atoms with Crippen molar-refractivity contribution < 1.29 is 14.3 Å². The average Bonchev–Trinajstić information content (AvgIpc) is 3.12. The van der Waals surface area contributed by atoms with Gasteiger partial charge in [0.05, 0.1) is 6.54 Å². The minimum atomic E-state index is -1.32. The molecule has 0 saturated carbocycles. The largest absolute Gasteiger partial charge is 0.463 e. The molecule has 0 aliphatic rings. The molecule has 0 saturated heterocycles. The van der Waals surface area contributed by atoms with E-state index in [2.05, 4.69) is 20.4 Å². The first-order valence-electron chi connectivity index (χ1n) is 7.13. The zero-order valence-corrected chi connectivity index (χ0v) is 13.1. The first-order chi connectivity index (χ1) is 10.9. The normalized spacial score (nSPS) is 13.9. The quantitative estimate of drug-likeness (QED) is 0.743. The van der Waals surface area contributed by atoms with Crippen molar-refractivity contribution in [1.82, 2.24) is 24.9 Å². The molecule has 1 atom stereocenters. The fourth-order valence-electron chi connectivity index (χ4n) is 2.15. The van der Waals surface area contributed by atoms with E-state index >= 15 is 0 Å². The van der Waals surface area contributed by atoms with Crippen LogP contribution in [0.4, 0.5) is 0 Å². The van der Waals surface area contributed by atoms with Crippen LogP contribution in [0, 0.1) is 13.8 Å². The molecule has 3 aromatic rings. The second-order valence-corrected chi connectivity index (χ2v) is 5.60. The summed E-state index contributed by atoms with van der Waals surface area (Å²) in [5.74, 6) is 0.936. The summed E-state index contributed by atoms with van der Waals surface area (Å²) >= 11 is 0. The molecular formula is C15H17N5O3. The molecule has 23 heavy (non-hydrogen) atoms. The van der Waals surface area contributed by atoms with Gasteiger partial charge in [-0.25, -0.2) is 9.50 Å². The van der Waals surface area contributed by atoms with E-state index in [0.717, 1.165) is 5.69 Å². The van der Waals surface area contributed by atoms with E-state index in [1.807, 2.05) is 6.92 Å². The van der Waals surface area contributed by atoms with Crippen LogP contribution in [-0.4, -0.2) is 37.1 Å². The second-order valence-electron chi connectivity index (χ2n) is 5.60. The van der Waals surface area contributed by atoms with Crippen LogP contribution in [0.5, 0.6) is 0 Å². The summed E-state index contributed by atoms with van der Waals surface area (Å²) < 4.78 is 6.89. The molecule has 0 bridgehead atoms. The molecule has 8 nitrogen and oxygen atoms in total. The highest BCUT2D eigenvalue weighted by Gasteiger charge is 2.28. The van der Waals surface area contributed by atoms with Gasteiger partial charge in [-0.05, 0) is 39.0 Å². The minimum Gasteiger partial charge on any atom is -0.463 e. The average molecular weight is 315 g/mol. The van der Waals surface area contributed by atoms with E-state index < -0.39 is 11.5 Å². The first kappa shape index (κ1) is 15.2. The molecular weight excluding hydrogens is 298 g/mol. The highest BCUT2D eigenvalue weighted by atomic mass is 16.4. The van der Waals surface area contributed by atoms with Crippen LogP contribution in [-0.2, 0) is 5.60 Å². The number of amides is 1. The summed E-state index contributed by atoms with van der Waals surface area (Å²) in [7, 11) is 0. The molecule has 3 aromatic heterocycles. The second kappa shape index (κ2) is 5.47. The van der Waals surface area contributed by atoms with Crippen LogP contribution >= 0.6 is 0 Å². The van der Waals surface area contributed by atoms with E-state index in [1.165, 1.54) is 4.52 Å². The standard InChI is InChI=1S/C15H17N5O3/c1-9-6-7-16-14-18-12(19-20(9)14)13(21)17-8-15(3,22)11-5-4-10(2)23-11/h4-7,22H,8H2,1-3H3,(H,17,21)/t15-/m1/s1. The number of aromatic nitrogens is 4. The number of fused-ring (bicyclic) bond motifs is 1. The van der Waals surface area contributed by atoms with E-state index in [-0.39, 0.29) is 12.4 Å². The number of aliphatic hydroxyl groups is 1. The van der Waals surface area contributed by atoms with E-state index in [4.69, 9.17) is 4.42 Å². The zero-order chi connectivity index (χ0) is 16.6. The molecule has 120 valence electrons. The van der Waals surface area contributed by atoms with Gasteiger partial charge in [-0.1, -0.05) is 0 Å². The lowest BCUT2D eigenvalue weighted by Crippen LogP contribution is -2.38. The van der Waals surface area contributed by atoms with Crippen LogP contribution in [0.2, 0.25) is 0 Å². The molecule has 0 aromatic carbocycles. The summed E-state index contributed by atoms with van der Waals surface area (Å²) in [4.78, 5) is 20.3. The van der Waals surface area contributed by atoms with Crippen molar-refractivity contribution in [1.29, 1.82) is 0 Å². The maximum absolute atomic E-state index is 12.2. The molecule has 3 heterocycles. The predicted octanol–water partition coefficient (Wildman–Crippen LogP) is 0.972. The molecule has 0 fully saturated rings. The number of hydrogen-bond acceptors (Lipinski definition) is 6. The van der Waals surface area contributed by atoms with Crippen molar-refractivity contribution in [3.63, 3.8) is 0 Å². The lowest BCUT2D eigenvalue weighted by atomic mass is 10.0. The Bertz CT molecular complexity index is 865. The summed E-state index contributed by atoms with van der Waals surface area (Å²) in [5.41, 5.74) is -0.503. The SMILES string of the molecule is Cc1ccc([C@](C)(O)CNC(=O)c2nc3nccc(C)n3n2)o1. The predicted molar refractivity (Wildman–Crippen MR) is 80.9 cm³/mol. The lowest BCUT2D eigenvalue weighted by molar-refractivity contribution is 0.0322. The molecule has 0 radical (unpaired) electrons. The maximum atomic E-state index is 12.2. The van der Waals surface area contributed by atoms with Gasteiger partial charge in [-0.15, -0.1) is 5.10 Å². The van der Waals surface area contributed by atoms with Crippen LogP contribution in [0.25, 0.3) is 5.78 Å². The van der Waals surface area contributed by atoms with Crippen molar-refractivity contribution in [3.8, 4) is 0 Å². The number of carbonyl (C=O) groups excluding carboxylic acids is 1. The number of hydrogen-bond donors (Lipinski definition) is 2. The van der Waals surface area contributed by atoms with Crippen LogP contribution < -0.4 is 5.32 Å². The summed E-state index contributed by atoms with van der Waals surface area (Å²) in [5, 5.41) is 17.1. The summed E-state index contributed by atoms with van der Waals surface area (Å²) in [6.45, 7) is 5.16. The van der Waals surface area contributed by atoms with Gasteiger partial charge >= 0.3 is 0 Å². The van der Waals surface area contributed by atoms with Gasteiger partial charge in [0.2, 0.25) is 5.82 Å². The van der Waals surface area contributed by atoms with Gasteiger partial charge in [-0.2, -0.15) is 4.98 Å². The third-order valence-electron chi connectivity index (χ3n) is 3.50. The lowest BCUT2D eigenvalue weighted by Gasteiger charge is -2.20. The van der Waals surface area contributed by atoms with E-state index in [1.54, 1.807) is 38.2 Å². The van der Waals surface area contributed by atoms with Gasteiger partial charge in [0.25, 0.3) is 11.7 Å². The Balaban J connectivity index is 1.74. The van der Waals surface area contributed by atoms with Crippen LogP contribution in [0.15, 0.2) is 28.8 Å². The number of rotatable bonds is 4. The monoisotopic (exact) mass is 315 g/mol. The third kappa shape index (κ3) is 2.93. The molecule has 0 aliphatic heterocycles. The summed E-state index contributed by atoms with van der Waals surface area (Å²) in [6, 6.07) is 5.20. The topological polar surface area (TPSA) is 106 Å². The maximum Gasteiger partial charge on any atom is 0.291 e. The smallest absolute Gasteiger partial charge is 0.291 e. The third-order valence-corrected chi connectivity index (χ3v) is 3.50. The first-order valence-corrected chi connectivity index (χ1v) is 7.13. The van der Waals surface area contributed by atoms with Gasteiger partial charge < -0.3 is 14.8 Å². The molecule has 0 spiro atoms. The minimum absolute atomic E-state index is 0.00164. The Morgan fingerprint density at radius 3 is 2.83 bits per heavy atom. The molecule has 0 aliphatic carbocycles. The van der Waals surface area contributed by atoms with Crippen molar-refractivity contribution in [2.75, 3.05) is 6.54 Å². The number of furan rings is 1. The Morgan fingerprint density at radius 1 is 1.39 bits per heavy atom. The van der Waals surface area contributed by atoms with Crippen LogP contribution in [0.3, 0.4) is 0 Å². The molecule has 2 N–H and O–H groups in total. The van der Waals surface area contributed by atoms with Crippen molar-refractivity contribution >= 4 is 11.7 Å². The highest BCUT2D eigenvalue weighted by Crippen LogP contribution is 2.21. The van der Waals surface area contributed by atoms with Gasteiger partial charge in [0.15, 0.2) is 0 Å². The molecule has 1 amide bonds. The Kier molecular flexibility index (Phi) is 3.61. The van der Waals surface area contributed by atoms with Crippen molar-refractivity contribution in [2.45, 2.75) is 26.4 Å². The van der Waals surface area contributed by atoms with E-state index in [0.29, 0.717) is 17.3 Å². The van der Waals surface area contributed by atoms with Gasteiger partial charge in [0.1, 0.15) is 17.1 Å².